The van der Waals surface area contributed by atoms with E-state index in [2.05, 4.69) is 20.4 Å². The molecule has 10 heteroatoms. The molecular weight excluding hydrogens is 378 g/mol. The lowest BCUT2D eigenvalue weighted by atomic mass is 10.1. The molecule has 0 amide bonds. The molecule has 8 N–H and O–H groups in total. The molecule has 0 saturated heterocycles. The maximum atomic E-state index is 6.67. The second-order valence-electron chi connectivity index (χ2n) is 5.69. The Morgan fingerprint density at radius 2 is 1.50 bits per heavy atom. The fourth-order valence-corrected chi connectivity index (χ4v) is 2.99. The summed E-state index contributed by atoms with van der Waals surface area (Å²) in [7, 11) is 0. The van der Waals surface area contributed by atoms with E-state index in [9.17, 15) is 0 Å². The minimum atomic E-state index is -0.141. The fraction of sp³-hybridized carbons (Fsp3) is 0. The summed E-state index contributed by atoms with van der Waals surface area (Å²) in [6.45, 7) is 0. The summed E-state index contributed by atoms with van der Waals surface area (Å²) in [5, 5.41) is 16.3. The average molecular weight is 396 g/mol. The van der Waals surface area contributed by atoms with Crippen LogP contribution >= 0.6 is 11.6 Å². The number of halogens is 1. The lowest BCUT2D eigenvalue weighted by Gasteiger charge is -2.07. The standard InChI is InChI=1S/C18H18ClN9/c19-16-14(10-25-27-18(22)23)13-7-6-11(9-24-26-17(20)21)8-15(13)28(16)12-4-2-1-3-5-12/h1-10H,(H4,20,21,26)(H4,22,23,27)/b24-9+,25-10+. The molecule has 9 nitrogen and oxygen atoms in total. The van der Waals surface area contributed by atoms with Gasteiger partial charge in [0.05, 0.1) is 17.9 Å². The van der Waals surface area contributed by atoms with Crippen LogP contribution in [0.25, 0.3) is 16.6 Å². The highest BCUT2D eigenvalue weighted by Crippen LogP contribution is 2.32. The van der Waals surface area contributed by atoms with Crippen molar-refractivity contribution >= 4 is 46.9 Å². The first-order valence-corrected chi connectivity index (χ1v) is 8.48. The third-order valence-corrected chi connectivity index (χ3v) is 4.10. The minimum Gasteiger partial charge on any atom is -0.369 e. The number of nitrogens with two attached hydrogens (primary N) is 4. The smallest absolute Gasteiger partial charge is 0.211 e. The Bertz CT molecular complexity index is 1100. The molecule has 3 aromatic rings. The van der Waals surface area contributed by atoms with E-state index >= 15 is 0 Å². The van der Waals surface area contributed by atoms with Crippen LogP contribution in [0.3, 0.4) is 0 Å². The van der Waals surface area contributed by atoms with Crippen LogP contribution in [-0.4, -0.2) is 28.9 Å². The van der Waals surface area contributed by atoms with Gasteiger partial charge in [-0.05, 0) is 23.8 Å². The highest BCUT2D eigenvalue weighted by molar-refractivity contribution is 6.35. The molecule has 0 bridgehead atoms. The van der Waals surface area contributed by atoms with E-state index in [4.69, 9.17) is 34.5 Å². The molecule has 2 aromatic carbocycles. The van der Waals surface area contributed by atoms with Crippen LogP contribution in [0.5, 0.6) is 0 Å². The van der Waals surface area contributed by atoms with Crippen molar-refractivity contribution in [3.63, 3.8) is 0 Å². The van der Waals surface area contributed by atoms with Gasteiger partial charge in [-0.3, -0.25) is 4.57 Å². The summed E-state index contributed by atoms with van der Waals surface area (Å²) in [4.78, 5) is 0. The zero-order valence-electron chi connectivity index (χ0n) is 14.7. The Balaban J connectivity index is 2.21. The SMILES string of the molecule is NC(N)=N/N=C/c1ccc2c(/C=N/N=C(N)N)c(Cl)n(-c3ccccc3)c2c1. The van der Waals surface area contributed by atoms with E-state index in [-0.39, 0.29) is 11.9 Å². The number of rotatable bonds is 5. The number of guanidine groups is 2. The quantitative estimate of drug-likeness (QED) is 0.293. The van der Waals surface area contributed by atoms with Crippen LogP contribution in [0.15, 0.2) is 68.9 Å². The highest BCUT2D eigenvalue weighted by atomic mass is 35.5. The molecule has 0 unspecified atom stereocenters. The number of hydrogen-bond donors (Lipinski definition) is 4. The molecule has 0 saturated carbocycles. The second-order valence-corrected chi connectivity index (χ2v) is 6.05. The molecule has 0 aliphatic rings. The summed E-state index contributed by atoms with van der Waals surface area (Å²) in [6, 6.07) is 15.3. The van der Waals surface area contributed by atoms with Crippen molar-refractivity contribution in [3.8, 4) is 5.69 Å². The third-order valence-electron chi connectivity index (χ3n) is 3.73. The van der Waals surface area contributed by atoms with Crippen molar-refractivity contribution in [2.75, 3.05) is 0 Å². The van der Waals surface area contributed by atoms with Crippen LogP contribution in [0.1, 0.15) is 11.1 Å². The molecule has 0 fully saturated rings. The van der Waals surface area contributed by atoms with Crippen molar-refractivity contribution in [2.24, 2.45) is 43.3 Å². The first-order chi connectivity index (χ1) is 13.5. The van der Waals surface area contributed by atoms with Gasteiger partial charge in [0.2, 0.25) is 11.9 Å². The van der Waals surface area contributed by atoms with Gasteiger partial charge in [0.15, 0.2) is 0 Å². The summed E-state index contributed by atoms with van der Waals surface area (Å²) in [5.41, 5.74) is 24.4. The van der Waals surface area contributed by atoms with Gasteiger partial charge in [-0.15, -0.1) is 10.2 Å². The molecule has 0 spiro atoms. The maximum Gasteiger partial charge on any atom is 0.211 e. The number of hydrogen-bond acceptors (Lipinski definition) is 4. The van der Waals surface area contributed by atoms with Crippen molar-refractivity contribution in [2.45, 2.75) is 0 Å². The molecule has 0 aliphatic carbocycles. The molecule has 3 rings (SSSR count). The van der Waals surface area contributed by atoms with Crippen molar-refractivity contribution in [3.05, 3.63) is 64.8 Å². The van der Waals surface area contributed by atoms with E-state index < -0.39 is 0 Å². The summed E-state index contributed by atoms with van der Waals surface area (Å²) in [5.74, 6) is -0.260. The van der Waals surface area contributed by atoms with E-state index in [1.54, 1.807) is 6.21 Å². The summed E-state index contributed by atoms with van der Waals surface area (Å²) in [6.07, 6.45) is 3.06. The Hall–Kier alpha value is -3.85. The number of nitrogens with zero attached hydrogens (tertiary/aromatic N) is 5. The fourth-order valence-electron chi connectivity index (χ4n) is 2.65. The van der Waals surface area contributed by atoms with E-state index in [1.807, 2.05) is 53.1 Å². The van der Waals surface area contributed by atoms with Gasteiger partial charge in [-0.2, -0.15) is 10.2 Å². The van der Waals surface area contributed by atoms with Gasteiger partial charge in [0.25, 0.3) is 0 Å². The first-order valence-electron chi connectivity index (χ1n) is 8.10. The molecule has 0 radical (unpaired) electrons. The van der Waals surface area contributed by atoms with Gasteiger partial charge >= 0.3 is 0 Å². The normalized spacial score (nSPS) is 11.3. The number of aromatic nitrogens is 1. The molecule has 0 aliphatic heterocycles. The van der Waals surface area contributed by atoms with Gasteiger partial charge in [0.1, 0.15) is 5.15 Å². The molecular formula is C18H18ClN9. The predicted octanol–water partition coefficient (Wildman–Crippen LogP) is 1.50. The van der Waals surface area contributed by atoms with Crippen LogP contribution in [0.4, 0.5) is 0 Å². The molecule has 142 valence electrons. The number of benzene rings is 2. The molecule has 1 heterocycles. The zero-order valence-corrected chi connectivity index (χ0v) is 15.5. The largest absolute Gasteiger partial charge is 0.369 e. The Kier molecular flexibility index (Phi) is 5.56. The predicted molar refractivity (Wildman–Crippen MR) is 115 cm³/mol. The number of fused-ring (bicyclic) bond motifs is 1. The van der Waals surface area contributed by atoms with Gasteiger partial charge < -0.3 is 22.9 Å². The van der Waals surface area contributed by atoms with Crippen LogP contribution < -0.4 is 22.9 Å². The average Bonchev–Trinajstić information content (AvgIpc) is 2.93. The Morgan fingerprint density at radius 3 is 2.14 bits per heavy atom. The van der Waals surface area contributed by atoms with E-state index in [0.29, 0.717) is 10.7 Å². The molecule has 1 aromatic heterocycles. The molecule has 0 atom stereocenters. The van der Waals surface area contributed by atoms with Gasteiger partial charge in [0, 0.05) is 16.6 Å². The summed E-state index contributed by atoms with van der Waals surface area (Å²) < 4.78 is 1.89. The molecule has 28 heavy (non-hydrogen) atoms. The van der Waals surface area contributed by atoms with E-state index in [1.165, 1.54) is 6.21 Å². The first kappa shape index (κ1) is 18.9. The summed E-state index contributed by atoms with van der Waals surface area (Å²) >= 11 is 6.67. The highest BCUT2D eigenvalue weighted by Gasteiger charge is 2.16. The van der Waals surface area contributed by atoms with Crippen LogP contribution in [-0.2, 0) is 0 Å². The van der Waals surface area contributed by atoms with Crippen molar-refractivity contribution < 1.29 is 0 Å². The van der Waals surface area contributed by atoms with Gasteiger partial charge in [-0.1, -0.05) is 41.9 Å². The lowest BCUT2D eigenvalue weighted by molar-refractivity contribution is 1.12. The minimum absolute atomic E-state index is 0.119. The number of para-hydroxylation sites is 1. The maximum absolute atomic E-state index is 6.67. The van der Waals surface area contributed by atoms with Crippen molar-refractivity contribution in [1.82, 2.24) is 4.57 Å². The van der Waals surface area contributed by atoms with Gasteiger partial charge in [-0.25, -0.2) is 0 Å². The topological polar surface area (TPSA) is 158 Å². The third kappa shape index (κ3) is 4.10. The zero-order chi connectivity index (χ0) is 20.1. The van der Waals surface area contributed by atoms with Crippen LogP contribution in [0.2, 0.25) is 5.15 Å². The monoisotopic (exact) mass is 395 g/mol. The van der Waals surface area contributed by atoms with Crippen molar-refractivity contribution in [1.29, 1.82) is 0 Å². The lowest BCUT2D eigenvalue weighted by Crippen LogP contribution is -2.21. The second kappa shape index (κ2) is 8.23. The van der Waals surface area contributed by atoms with Crippen LogP contribution in [0, 0.1) is 0 Å². The Morgan fingerprint density at radius 1 is 0.857 bits per heavy atom. The van der Waals surface area contributed by atoms with E-state index in [0.717, 1.165) is 22.2 Å². The Labute approximate surface area is 165 Å².